The Bertz CT molecular complexity index is 1220. The van der Waals surface area contributed by atoms with Gasteiger partial charge in [0.25, 0.3) is 5.91 Å². The Labute approximate surface area is 191 Å². The molecule has 10 nitrogen and oxygen atoms in total. The zero-order valence-electron chi connectivity index (χ0n) is 18.9. The van der Waals surface area contributed by atoms with Crippen LogP contribution in [0.2, 0.25) is 0 Å². The van der Waals surface area contributed by atoms with Crippen LogP contribution in [0, 0.1) is 6.92 Å². The van der Waals surface area contributed by atoms with Crippen molar-refractivity contribution in [2.45, 2.75) is 57.7 Å². The van der Waals surface area contributed by atoms with Crippen molar-refractivity contribution in [1.29, 1.82) is 0 Å². The van der Waals surface area contributed by atoms with Crippen molar-refractivity contribution in [3.8, 4) is 5.88 Å². The summed E-state index contributed by atoms with van der Waals surface area (Å²) >= 11 is 0. The van der Waals surface area contributed by atoms with Gasteiger partial charge in [0.2, 0.25) is 11.7 Å². The molecule has 2 unspecified atom stereocenters. The topological polar surface area (TPSA) is 130 Å². The second-order valence-corrected chi connectivity index (χ2v) is 9.03. The van der Waals surface area contributed by atoms with Gasteiger partial charge in [0.15, 0.2) is 5.82 Å². The number of nitrogens with one attached hydrogen (secondary N) is 1. The summed E-state index contributed by atoms with van der Waals surface area (Å²) in [6.07, 6.45) is 11.4. The molecule has 3 aromatic heterocycles. The molecule has 2 fully saturated rings. The molecule has 2 bridgehead atoms. The van der Waals surface area contributed by atoms with Gasteiger partial charge in [-0.15, -0.1) is 0 Å². The van der Waals surface area contributed by atoms with Crippen LogP contribution in [0.25, 0.3) is 11.5 Å². The van der Waals surface area contributed by atoms with E-state index in [9.17, 15) is 4.79 Å². The first-order chi connectivity index (χ1) is 15.9. The number of carbonyl (C=O) groups is 1. The molecule has 1 amide bonds. The van der Waals surface area contributed by atoms with Crippen LogP contribution in [-0.2, 0) is 10.2 Å². The molecule has 0 radical (unpaired) electrons. The fraction of sp³-hybridized carbons (Fsp3) is 0.435. The SMILES string of the molecule is Cc1cnc(/C(=C\N)NC(=O)c2cn3cc(C45CCC(C4)OC5)nc3nc2OC(C)C)nc1. The van der Waals surface area contributed by atoms with E-state index in [2.05, 4.69) is 20.3 Å². The quantitative estimate of drug-likeness (QED) is 0.585. The van der Waals surface area contributed by atoms with Crippen LogP contribution in [0.3, 0.4) is 0 Å². The van der Waals surface area contributed by atoms with Crippen molar-refractivity contribution < 1.29 is 14.3 Å². The molecule has 1 aliphatic heterocycles. The minimum absolute atomic E-state index is 0.0713. The number of nitrogens with zero attached hydrogens (tertiary/aromatic N) is 5. The molecule has 2 atom stereocenters. The summed E-state index contributed by atoms with van der Waals surface area (Å²) in [5, 5.41) is 2.78. The Morgan fingerprint density at radius 2 is 2.12 bits per heavy atom. The predicted octanol–water partition coefficient (Wildman–Crippen LogP) is 2.12. The molecular weight excluding hydrogens is 422 g/mol. The Hall–Kier alpha value is -3.53. The second-order valence-electron chi connectivity index (χ2n) is 9.03. The second kappa shape index (κ2) is 8.11. The number of nitrogens with two attached hydrogens (primary N) is 1. The van der Waals surface area contributed by atoms with Gasteiger partial charge in [-0.05, 0) is 45.6 Å². The highest BCUT2D eigenvalue weighted by Gasteiger charge is 2.48. The highest BCUT2D eigenvalue weighted by atomic mass is 16.5. The Balaban J connectivity index is 1.50. The monoisotopic (exact) mass is 449 g/mol. The number of carbonyl (C=O) groups excluding carboxylic acids is 1. The highest BCUT2D eigenvalue weighted by molar-refractivity contribution is 6.00. The van der Waals surface area contributed by atoms with Crippen LogP contribution in [0.4, 0.5) is 0 Å². The number of aryl methyl sites for hydroxylation is 1. The van der Waals surface area contributed by atoms with Crippen molar-refractivity contribution in [3.05, 3.63) is 53.6 Å². The summed E-state index contributed by atoms with van der Waals surface area (Å²) in [4.78, 5) is 31.1. The smallest absolute Gasteiger partial charge is 0.262 e. The Morgan fingerprint density at radius 1 is 1.33 bits per heavy atom. The van der Waals surface area contributed by atoms with Crippen LogP contribution >= 0.6 is 0 Å². The third kappa shape index (κ3) is 3.91. The Kier molecular flexibility index (Phi) is 5.24. The molecule has 1 aliphatic carbocycles. The van der Waals surface area contributed by atoms with Gasteiger partial charge in [0, 0.05) is 36.4 Å². The molecule has 172 valence electrons. The van der Waals surface area contributed by atoms with E-state index in [0.717, 1.165) is 30.5 Å². The summed E-state index contributed by atoms with van der Waals surface area (Å²) < 4.78 is 13.5. The fourth-order valence-corrected chi connectivity index (χ4v) is 4.46. The van der Waals surface area contributed by atoms with Gasteiger partial charge in [-0.25, -0.2) is 15.0 Å². The lowest BCUT2D eigenvalue weighted by Gasteiger charge is -2.22. The first-order valence-electron chi connectivity index (χ1n) is 11.1. The number of aromatic nitrogens is 5. The Morgan fingerprint density at radius 3 is 2.73 bits per heavy atom. The molecule has 0 spiro atoms. The van der Waals surface area contributed by atoms with Gasteiger partial charge >= 0.3 is 0 Å². The fourth-order valence-electron chi connectivity index (χ4n) is 4.46. The molecule has 2 aliphatic rings. The normalized spacial score (nSPS) is 22.3. The maximum absolute atomic E-state index is 13.3. The average Bonchev–Trinajstić information content (AvgIpc) is 3.52. The third-order valence-electron chi connectivity index (χ3n) is 6.14. The number of amides is 1. The average molecular weight is 450 g/mol. The van der Waals surface area contributed by atoms with E-state index in [4.69, 9.17) is 20.2 Å². The summed E-state index contributed by atoms with van der Waals surface area (Å²) in [7, 11) is 0. The van der Waals surface area contributed by atoms with Gasteiger partial charge in [-0.1, -0.05) is 0 Å². The maximum atomic E-state index is 13.3. The van der Waals surface area contributed by atoms with Crippen molar-refractivity contribution in [2.24, 2.45) is 5.73 Å². The lowest BCUT2D eigenvalue weighted by molar-refractivity contribution is 0.0692. The maximum Gasteiger partial charge on any atom is 0.262 e. The van der Waals surface area contributed by atoms with E-state index in [-0.39, 0.29) is 23.0 Å². The zero-order valence-corrected chi connectivity index (χ0v) is 18.9. The van der Waals surface area contributed by atoms with E-state index in [1.54, 1.807) is 23.0 Å². The van der Waals surface area contributed by atoms with Gasteiger partial charge in [-0.2, -0.15) is 4.98 Å². The number of hydrogen-bond acceptors (Lipinski definition) is 8. The number of rotatable bonds is 6. The molecule has 3 aromatic rings. The summed E-state index contributed by atoms with van der Waals surface area (Å²) in [6.45, 7) is 6.31. The van der Waals surface area contributed by atoms with E-state index < -0.39 is 5.91 Å². The van der Waals surface area contributed by atoms with Gasteiger partial charge in [0.05, 0.1) is 24.5 Å². The molecule has 0 aromatic carbocycles. The summed E-state index contributed by atoms with van der Waals surface area (Å²) in [5.74, 6) is 0.577. The largest absolute Gasteiger partial charge is 0.474 e. The first-order valence-corrected chi connectivity index (χ1v) is 11.1. The van der Waals surface area contributed by atoms with Crippen LogP contribution in [0.15, 0.2) is 31.0 Å². The molecule has 10 heteroatoms. The first kappa shape index (κ1) is 21.3. The van der Waals surface area contributed by atoms with Crippen LogP contribution in [-0.4, -0.2) is 49.1 Å². The standard InChI is InChI=1S/C23H27N7O3/c1-13(2)33-21-16(20(31)27-17(7-24)19-25-8-14(3)9-26-19)10-30-11-18(28-22(30)29-21)23-5-4-15(6-23)32-12-23/h7-11,13,15H,4-6,12,24H2,1-3H3,(H,27,31)/b17-7+. The minimum atomic E-state index is -0.431. The number of imidazole rings is 1. The summed E-state index contributed by atoms with van der Waals surface area (Å²) in [5.41, 5.74) is 8.08. The van der Waals surface area contributed by atoms with E-state index >= 15 is 0 Å². The van der Waals surface area contributed by atoms with Crippen molar-refractivity contribution in [2.75, 3.05) is 6.61 Å². The molecular formula is C23H27N7O3. The van der Waals surface area contributed by atoms with Gasteiger partial charge in [-0.3, -0.25) is 9.20 Å². The molecule has 5 rings (SSSR count). The van der Waals surface area contributed by atoms with Crippen molar-refractivity contribution in [1.82, 2.24) is 29.7 Å². The lowest BCUT2D eigenvalue weighted by atomic mass is 9.85. The third-order valence-corrected chi connectivity index (χ3v) is 6.14. The number of hydrogen-bond donors (Lipinski definition) is 2. The molecule has 3 N–H and O–H groups in total. The van der Waals surface area contributed by atoms with Crippen LogP contribution in [0.1, 0.15) is 60.5 Å². The minimum Gasteiger partial charge on any atom is -0.474 e. The molecule has 4 heterocycles. The molecule has 33 heavy (non-hydrogen) atoms. The number of ether oxygens (including phenoxy) is 2. The van der Waals surface area contributed by atoms with Gasteiger partial charge in [0.1, 0.15) is 11.3 Å². The van der Waals surface area contributed by atoms with Crippen LogP contribution in [0.5, 0.6) is 5.88 Å². The number of fused-ring (bicyclic) bond motifs is 3. The van der Waals surface area contributed by atoms with E-state index in [1.807, 2.05) is 27.0 Å². The van der Waals surface area contributed by atoms with Crippen molar-refractivity contribution in [3.63, 3.8) is 0 Å². The zero-order chi connectivity index (χ0) is 23.2. The predicted molar refractivity (Wildman–Crippen MR) is 120 cm³/mol. The van der Waals surface area contributed by atoms with Crippen molar-refractivity contribution >= 4 is 17.4 Å². The van der Waals surface area contributed by atoms with Crippen LogP contribution < -0.4 is 15.8 Å². The molecule has 1 saturated carbocycles. The summed E-state index contributed by atoms with van der Waals surface area (Å²) in [6, 6.07) is 0. The highest BCUT2D eigenvalue weighted by Crippen LogP contribution is 2.47. The molecule has 1 saturated heterocycles. The lowest BCUT2D eigenvalue weighted by Crippen LogP contribution is -2.26. The van der Waals surface area contributed by atoms with Gasteiger partial charge < -0.3 is 20.5 Å². The van der Waals surface area contributed by atoms with E-state index in [1.165, 1.54) is 6.20 Å². The van der Waals surface area contributed by atoms with E-state index in [0.29, 0.717) is 30.0 Å².